The summed E-state index contributed by atoms with van der Waals surface area (Å²) >= 11 is 0. The Balaban J connectivity index is 1.99. The monoisotopic (exact) mass is 527 g/mol. The molecule has 0 amide bonds. The summed E-state index contributed by atoms with van der Waals surface area (Å²) in [5, 5.41) is 7.11. The number of nitrogens with zero attached hydrogens (tertiary/aromatic N) is 1. The van der Waals surface area contributed by atoms with Crippen LogP contribution in [-0.2, 0) is 10.8 Å². The molecule has 0 radical (unpaired) electrons. The SMILES string of the molecule is CC(C)N(C(C)C)p1oc2ccc3cc(C(C)(C)C)ccc3c2c2c(ccc3cc(C(C)(C)C)ccc32)o1. The van der Waals surface area contributed by atoms with E-state index in [9.17, 15) is 0 Å². The van der Waals surface area contributed by atoms with Crippen LogP contribution >= 0.6 is 8.16 Å². The van der Waals surface area contributed by atoms with Crippen LogP contribution in [0, 0.1) is 0 Å². The highest BCUT2D eigenvalue weighted by Gasteiger charge is 2.23. The topological polar surface area (TPSA) is 29.5 Å². The normalized spacial score (nSPS) is 13.2. The lowest BCUT2D eigenvalue weighted by Gasteiger charge is -2.26. The van der Waals surface area contributed by atoms with Gasteiger partial charge in [-0.25, -0.2) is 0 Å². The van der Waals surface area contributed by atoms with Gasteiger partial charge in [0.15, 0.2) is 0 Å². The molecule has 0 spiro atoms. The van der Waals surface area contributed by atoms with Gasteiger partial charge in [-0.15, -0.1) is 0 Å². The molecule has 0 fully saturated rings. The summed E-state index contributed by atoms with van der Waals surface area (Å²) in [7, 11) is -1.34. The first-order valence-electron chi connectivity index (χ1n) is 13.8. The van der Waals surface area contributed by atoms with E-state index in [2.05, 4.69) is 135 Å². The van der Waals surface area contributed by atoms with Gasteiger partial charge in [0.05, 0.1) is 0 Å². The van der Waals surface area contributed by atoms with E-state index in [4.69, 9.17) is 8.39 Å². The molecule has 0 aliphatic heterocycles. The lowest BCUT2D eigenvalue weighted by atomic mass is 9.84. The summed E-state index contributed by atoms with van der Waals surface area (Å²) in [5.74, 6) is 0. The van der Waals surface area contributed by atoms with E-state index < -0.39 is 8.16 Å². The van der Waals surface area contributed by atoms with Crippen LogP contribution < -0.4 is 4.67 Å². The first-order chi connectivity index (χ1) is 17.8. The Labute approximate surface area is 228 Å². The zero-order valence-corrected chi connectivity index (χ0v) is 25.5. The lowest BCUT2D eigenvalue weighted by molar-refractivity contribution is 0.570. The molecule has 0 saturated carbocycles. The van der Waals surface area contributed by atoms with Crippen LogP contribution in [0.5, 0.6) is 0 Å². The Bertz CT molecular complexity index is 1570. The van der Waals surface area contributed by atoms with Crippen molar-refractivity contribution in [3.8, 4) is 0 Å². The average molecular weight is 528 g/mol. The van der Waals surface area contributed by atoms with Crippen LogP contribution in [0.15, 0.2) is 69.1 Å². The number of rotatable bonds is 3. The smallest absolute Gasteiger partial charge is 0.310 e. The van der Waals surface area contributed by atoms with Gasteiger partial charge in [-0.05, 0) is 83.3 Å². The van der Waals surface area contributed by atoms with Crippen molar-refractivity contribution >= 4 is 51.6 Å². The molecular weight excluding hydrogens is 485 g/mol. The molecule has 0 bridgehead atoms. The Kier molecular flexibility index (Phi) is 6.69. The molecular formula is C34H42NO2P. The molecule has 200 valence electrons. The minimum absolute atomic E-state index is 0.0813. The molecule has 0 unspecified atom stereocenters. The van der Waals surface area contributed by atoms with Crippen molar-refractivity contribution in [2.75, 3.05) is 4.67 Å². The summed E-state index contributed by atoms with van der Waals surface area (Å²) in [4.78, 5) is 0. The highest BCUT2D eigenvalue weighted by Crippen LogP contribution is 2.44. The van der Waals surface area contributed by atoms with E-state index >= 15 is 0 Å². The van der Waals surface area contributed by atoms with E-state index in [1.54, 1.807) is 0 Å². The molecule has 0 atom stereocenters. The van der Waals surface area contributed by atoms with Crippen LogP contribution in [0.2, 0.25) is 0 Å². The largest absolute Gasteiger partial charge is 0.408 e. The van der Waals surface area contributed by atoms with Crippen LogP contribution in [0.3, 0.4) is 0 Å². The molecule has 5 rings (SSSR count). The third kappa shape index (κ3) is 4.76. The van der Waals surface area contributed by atoms with Gasteiger partial charge in [0.1, 0.15) is 11.2 Å². The number of hydrogen-bond donors (Lipinski definition) is 0. The highest BCUT2D eigenvalue weighted by molar-refractivity contribution is 7.39. The number of fused-ring (bicyclic) bond motifs is 7. The first kappa shape index (κ1) is 26.9. The van der Waals surface area contributed by atoms with Gasteiger partial charge < -0.3 is 8.39 Å². The second-order valence-electron chi connectivity index (χ2n) is 13.2. The molecule has 0 aliphatic rings. The zero-order chi connectivity index (χ0) is 27.6. The standard InChI is InChI=1S/C34H42NO2P/c1-21(2)35(22(3)4)38-36-29-17-11-23-19-25(33(5,6)7)13-15-27(23)31(29)32-28-16-14-26(34(8,9)10)20-24(28)12-18-30(32)37-38/h11-22H,1-10H3. The summed E-state index contributed by atoms with van der Waals surface area (Å²) in [5.41, 5.74) is 4.61. The fraction of sp³-hybridized carbons (Fsp3) is 0.412. The van der Waals surface area contributed by atoms with Crippen molar-refractivity contribution in [3.05, 3.63) is 71.8 Å². The molecule has 5 aromatic rings. The van der Waals surface area contributed by atoms with Crippen LogP contribution in [0.25, 0.3) is 43.5 Å². The minimum atomic E-state index is -1.34. The minimum Gasteiger partial charge on any atom is -0.408 e. The van der Waals surface area contributed by atoms with E-state index in [0.717, 1.165) is 21.9 Å². The van der Waals surface area contributed by atoms with Crippen LogP contribution in [-0.4, -0.2) is 12.1 Å². The molecule has 1 aromatic heterocycles. The van der Waals surface area contributed by atoms with Crippen LogP contribution in [0.1, 0.15) is 80.4 Å². The van der Waals surface area contributed by atoms with Gasteiger partial charge >= 0.3 is 8.16 Å². The molecule has 0 N–H and O–H groups in total. The van der Waals surface area contributed by atoms with Crippen molar-refractivity contribution in [2.45, 2.75) is 92.2 Å². The maximum Gasteiger partial charge on any atom is 0.310 e. The second kappa shape index (κ2) is 9.47. The Morgan fingerprint density at radius 2 is 0.974 bits per heavy atom. The highest BCUT2D eigenvalue weighted by atomic mass is 31.1. The van der Waals surface area contributed by atoms with Crippen molar-refractivity contribution in [2.24, 2.45) is 0 Å². The molecule has 0 aliphatic carbocycles. The van der Waals surface area contributed by atoms with Gasteiger partial charge in [-0.1, -0.05) is 90.1 Å². The quantitative estimate of drug-likeness (QED) is 0.234. The summed E-state index contributed by atoms with van der Waals surface area (Å²) < 4.78 is 16.0. The van der Waals surface area contributed by atoms with E-state index in [-0.39, 0.29) is 22.9 Å². The second-order valence-corrected chi connectivity index (χ2v) is 14.5. The Morgan fingerprint density at radius 3 is 1.32 bits per heavy atom. The maximum absolute atomic E-state index is 6.83. The molecule has 1 heterocycles. The average Bonchev–Trinajstić information content (AvgIpc) is 2.98. The first-order valence-corrected chi connectivity index (χ1v) is 15.0. The maximum atomic E-state index is 6.83. The molecule has 4 heteroatoms. The molecule has 3 nitrogen and oxygen atoms in total. The predicted molar refractivity (Wildman–Crippen MR) is 167 cm³/mol. The molecule has 4 aromatic carbocycles. The fourth-order valence-corrected chi connectivity index (χ4v) is 7.10. The van der Waals surface area contributed by atoms with Gasteiger partial charge in [-0.3, -0.25) is 0 Å². The summed E-state index contributed by atoms with van der Waals surface area (Å²) in [6, 6.07) is 23.1. The van der Waals surface area contributed by atoms with Crippen molar-refractivity contribution < 1.29 is 8.39 Å². The van der Waals surface area contributed by atoms with Gasteiger partial charge in [-0.2, -0.15) is 4.67 Å². The van der Waals surface area contributed by atoms with E-state index in [1.807, 2.05) is 0 Å². The Hall–Kier alpha value is -2.74. The van der Waals surface area contributed by atoms with Crippen molar-refractivity contribution in [1.82, 2.24) is 0 Å². The van der Waals surface area contributed by atoms with E-state index in [1.165, 1.54) is 32.7 Å². The van der Waals surface area contributed by atoms with Gasteiger partial charge in [0.25, 0.3) is 0 Å². The fourth-order valence-electron chi connectivity index (χ4n) is 5.48. The van der Waals surface area contributed by atoms with Crippen LogP contribution in [0.4, 0.5) is 0 Å². The van der Waals surface area contributed by atoms with E-state index in [0.29, 0.717) is 0 Å². The van der Waals surface area contributed by atoms with Crippen molar-refractivity contribution in [1.29, 1.82) is 0 Å². The molecule has 0 saturated heterocycles. The molecule has 38 heavy (non-hydrogen) atoms. The lowest BCUT2D eigenvalue weighted by Crippen LogP contribution is -2.34. The summed E-state index contributed by atoms with van der Waals surface area (Å²) in [6.45, 7) is 22.5. The number of hydrogen-bond acceptors (Lipinski definition) is 3. The van der Waals surface area contributed by atoms with Gasteiger partial charge in [0, 0.05) is 22.9 Å². The Morgan fingerprint density at radius 1 is 0.579 bits per heavy atom. The summed E-state index contributed by atoms with van der Waals surface area (Å²) in [6.07, 6.45) is 0. The third-order valence-corrected chi connectivity index (χ3v) is 9.55. The van der Waals surface area contributed by atoms with Crippen molar-refractivity contribution in [3.63, 3.8) is 0 Å². The van der Waals surface area contributed by atoms with Gasteiger partial charge in [0.2, 0.25) is 0 Å². The zero-order valence-electron chi connectivity index (χ0n) is 24.6. The number of benzene rings is 4. The predicted octanol–water partition coefficient (Wildman–Crippen LogP) is 10.9. The third-order valence-electron chi connectivity index (χ3n) is 7.54.